The van der Waals surface area contributed by atoms with Crippen LogP contribution in [0.3, 0.4) is 0 Å². The molecule has 2 amide bonds. The molecular formula is C10H11Cl2N3O2. The van der Waals surface area contributed by atoms with Crippen molar-refractivity contribution >= 4 is 40.7 Å². The fraction of sp³-hybridized carbons (Fsp3) is 0.200. The Balaban J connectivity index is 2.53. The molecular weight excluding hydrogens is 265 g/mol. The van der Waals surface area contributed by atoms with Crippen molar-refractivity contribution < 1.29 is 9.59 Å². The first-order valence-corrected chi connectivity index (χ1v) is 5.50. The van der Waals surface area contributed by atoms with Crippen LogP contribution < -0.4 is 16.4 Å². The summed E-state index contributed by atoms with van der Waals surface area (Å²) < 4.78 is 0. The lowest BCUT2D eigenvalue weighted by Crippen LogP contribution is -2.36. The van der Waals surface area contributed by atoms with Gasteiger partial charge < -0.3 is 16.4 Å². The fourth-order valence-corrected chi connectivity index (χ4v) is 1.49. The zero-order valence-corrected chi connectivity index (χ0v) is 10.3. The summed E-state index contributed by atoms with van der Waals surface area (Å²) in [5.41, 5.74) is 5.51. The van der Waals surface area contributed by atoms with Gasteiger partial charge in [-0.2, -0.15) is 0 Å². The zero-order chi connectivity index (χ0) is 12.8. The van der Waals surface area contributed by atoms with Gasteiger partial charge in [0.15, 0.2) is 0 Å². The summed E-state index contributed by atoms with van der Waals surface area (Å²) >= 11 is 11.6. The minimum atomic E-state index is -0.401. The maximum absolute atomic E-state index is 11.4. The number of halogens is 2. The quantitative estimate of drug-likeness (QED) is 0.767. The Hall–Kier alpha value is -1.30. The van der Waals surface area contributed by atoms with Crippen LogP contribution in [0.15, 0.2) is 18.2 Å². The Kier molecular flexibility index (Phi) is 5.21. The van der Waals surface area contributed by atoms with Gasteiger partial charge in [-0.25, -0.2) is 0 Å². The molecule has 0 saturated carbocycles. The van der Waals surface area contributed by atoms with Gasteiger partial charge in [0.05, 0.1) is 23.8 Å². The largest absolute Gasteiger partial charge is 0.346 e. The molecule has 0 aliphatic heterocycles. The molecule has 0 saturated heterocycles. The molecule has 0 radical (unpaired) electrons. The predicted octanol–water partition coefficient (Wildman–Crippen LogP) is 1.01. The van der Waals surface area contributed by atoms with Gasteiger partial charge in [-0.3, -0.25) is 9.59 Å². The summed E-state index contributed by atoms with van der Waals surface area (Å²) in [7, 11) is 0. The summed E-state index contributed by atoms with van der Waals surface area (Å²) in [6.45, 7) is -0.316. The van der Waals surface area contributed by atoms with Gasteiger partial charge in [0.1, 0.15) is 0 Å². The number of hydrogen-bond acceptors (Lipinski definition) is 3. The molecule has 7 heteroatoms. The normalized spacial score (nSPS) is 9.82. The van der Waals surface area contributed by atoms with Crippen molar-refractivity contribution in [2.45, 2.75) is 0 Å². The molecule has 0 aliphatic carbocycles. The fourth-order valence-electron chi connectivity index (χ4n) is 1.04. The van der Waals surface area contributed by atoms with Crippen molar-refractivity contribution in [1.82, 2.24) is 5.32 Å². The number of anilines is 1. The third-order valence-electron chi connectivity index (χ3n) is 1.84. The number of amides is 2. The van der Waals surface area contributed by atoms with Crippen LogP contribution in [0.2, 0.25) is 10.0 Å². The van der Waals surface area contributed by atoms with E-state index < -0.39 is 11.8 Å². The highest BCUT2D eigenvalue weighted by Crippen LogP contribution is 2.25. The third kappa shape index (κ3) is 4.60. The lowest BCUT2D eigenvalue weighted by molar-refractivity contribution is -0.123. The van der Waals surface area contributed by atoms with Crippen molar-refractivity contribution in [3.05, 3.63) is 28.2 Å². The molecule has 5 nitrogen and oxygen atoms in total. The molecule has 92 valence electrons. The van der Waals surface area contributed by atoms with Gasteiger partial charge in [0.25, 0.3) is 0 Å². The molecule has 0 atom stereocenters. The lowest BCUT2D eigenvalue weighted by atomic mass is 10.3. The summed E-state index contributed by atoms with van der Waals surface area (Å²) in [6, 6.07) is 4.69. The summed E-state index contributed by atoms with van der Waals surface area (Å²) in [5.74, 6) is -0.793. The molecule has 0 unspecified atom stereocenters. The van der Waals surface area contributed by atoms with Gasteiger partial charge in [-0.1, -0.05) is 23.2 Å². The minimum Gasteiger partial charge on any atom is -0.346 e. The Morgan fingerprint density at radius 1 is 1.24 bits per heavy atom. The van der Waals surface area contributed by atoms with E-state index in [1.54, 1.807) is 12.1 Å². The predicted molar refractivity (Wildman–Crippen MR) is 67.2 cm³/mol. The monoisotopic (exact) mass is 275 g/mol. The molecule has 4 N–H and O–H groups in total. The Morgan fingerprint density at radius 2 is 1.94 bits per heavy atom. The number of nitrogens with one attached hydrogen (secondary N) is 2. The van der Waals surface area contributed by atoms with Crippen molar-refractivity contribution in [1.29, 1.82) is 0 Å². The van der Waals surface area contributed by atoms with Gasteiger partial charge in [0, 0.05) is 5.02 Å². The number of nitrogens with two attached hydrogens (primary N) is 1. The summed E-state index contributed by atoms with van der Waals surface area (Å²) in [4.78, 5) is 22.2. The van der Waals surface area contributed by atoms with E-state index in [9.17, 15) is 9.59 Å². The second kappa shape index (κ2) is 6.44. The molecule has 0 fully saturated rings. The average Bonchev–Trinajstić information content (AvgIpc) is 2.29. The molecule has 0 heterocycles. The number of hydrogen-bond donors (Lipinski definition) is 3. The molecule has 1 aromatic carbocycles. The van der Waals surface area contributed by atoms with E-state index >= 15 is 0 Å². The van der Waals surface area contributed by atoms with Crippen LogP contribution in [0.5, 0.6) is 0 Å². The van der Waals surface area contributed by atoms with Crippen molar-refractivity contribution in [3.63, 3.8) is 0 Å². The second-order valence-electron chi connectivity index (χ2n) is 3.15. The van der Waals surface area contributed by atoms with Gasteiger partial charge in [-0.05, 0) is 18.2 Å². The maximum Gasteiger partial charge on any atom is 0.243 e. The van der Waals surface area contributed by atoms with Crippen LogP contribution >= 0.6 is 23.2 Å². The lowest BCUT2D eigenvalue weighted by Gasteiger charge is -2.08. The van der Waals surface area contributed by atoms with Crippen LogP contribution in [-0.4, -0.2) is 24.9 Å². The zero-order valence-electron chi connectivity index (χ0n) is 8.80. The number of rotatable bonds is 4. The minimum absolute atomic E-state index is 0.158. The Bertz CT molecular complexity index is 438. The molecule has 0 aromatic heterocycles. The Morgan fingerprint density at radius 3 is 2.53 bits per heavy atom. The molecule has 17 heavy (non-hydrogen) atoms. The van der Waals surface area contributed by atoms with Crippen LogP contribution in [0.1, 0.15) is 0 Å². The van der Waals surface area contributed by atoms with Crippen LogP contribution in [-0.2, 0) is 9.59 Å². The van der Waals surface area contributed by atoms with Crippen molar-refractivity contribution in [2.75, 3.05) is 18.4 Å². The second-order valence-corrected chi connectivity index (χ2v) is 4.00. The first kappa shape index (κ1) is 13.8. The van der Waals surface area contributed by atoms with Crippen molar-refractivity contribution in [3.8, 4) is 0 Å². The van der Waals surface area contributed by atoms with E-state index in [-0.39, 0.29) is 13.1 Å². The highest BCUT2D eigenvalue weighted by Gasteiger charge is 2.07. The molecule has 0 aliphatic rings. The topological polar surface area (TPSA) is 84.2 Å². The van der Waals surface area contributed by atoms with Crippen molar-refractivity contribution in [2.24, 2.45) is 5.73 Å². The smallest absolute Gasteiger partial charge is 0.243 e. The van der Waals surface area contributed by atoms with E-state index in [0.29, 0.717) is 15.7 Å². The molecule has 0 bridgehead atoms. The van der Waals surface area contributed by atoms with E-state index in [0.717, 1.165) is 0 Å². The third-order valence-corrected chi connectivity index (χ3v) is 2.38. The van der Waals surface area contributed by atoms with E-state index in [2.05, 4.69) is 10.6 Å². The van der Waals surface area contributed by atoms with Crippen LogP contribution in [0.25, 0.3) is 0 Å². The van der Waals surface area contributed by atoms with Gasteiger partial charge in [-0.15, -0.1) is 0 Å². The molecule has 1 rings (SSSR count). The molecule has 0 spiro atoms. The number of carbonyl (C=O) groups is 2. The van der Waals surface area contributed by atoms with E-state index in [1.165, 1.54) is 6.07 Å². The SMILES string of the molecule is NCC(=O)NCC(=O)Nc1ccc(Cl)cc1Cl. The van der Waals surface area contributed by atoms with Crippen LogP contribution in [0.4, 0.5) is 5.69 Å². The average molecular weight is 276 g/mol. The molecule has 1 aromatic rings. The summed E-state index contributed by atoms with van der Waals surface area (Å²) in [5, 5.41) is 5.68. The first-order valence-electron chi connectivity index (χ1n) is 4.74. The number of carbonyl (C=O) groups excluding carboxylic acids is 2. The summed E-state index contributed by atoms with van der Waals surface area (Å²) in [6.07, 6.45) is 0. The maximum atomic E-state index is 11.4. The van der Waals surface area contributed by atoms with E-state index in [1.807, 2.05) is 0 Å². The highest BCUT2D eigenvalue weighted by atomic mass is 35.5. The number of benzene rings is 1. The standard InChI is InChI=1S/C10H11Cl2N3O2/c11-6-1-2-8(7(12)3-6)15-10(17)5-14-9(16)4-13/h1-3H,4-5,13H2,(H,14,16)(H,15,17). The Labute approximate surface area is 108 Å². The van der Waals surface area contributed by atoms with E-state index in [4.69, 9.17) is 28.9 Å². The van der Waals surface area contributed by atoms with Crippen LogP contribution in [0, 0.1) is 0 Å². The van der Waals surface area contributed by atoms with Gasteiger partial charge in [0.2, 0.25) is 11.8 Å². The first-order chi connectivity index (χ1) is 8.02. The van der Waals surface area contributed by atoms with Gasteiger partial charge >= 0.3 is 0 Å². The highest BCUT2D eigenvalue weighted by molar-refractivity contribution is 6.36.